The Labute approximate surface area is 77.7 Å². The first-order valence-corrected chi connectivity index (χ1v) is 4.29. The van der Waals surface area contributed by atoms with Gasteiger partial charge in [0.25, 0.3) is 0 Å². The van der Waals surface area contributed by atoms with Gasteiger partial charge in [-0.15, -0.1) is 0 Å². The number of anilines is 1. The average molecular weight is 228 g/mol. The summed E-state index contributed by atoms with van der Waals surface area (Å²) in [6, 6.07) is 0. The quantitative estimate of drug-likeness (QED) is 0.707. The van der Waals surface area contributed by atoms with E-state index in [1.165, 1.54) is 0 Å². The minimum absolute atomic E-state index is 0.238. The van der Waals surface area contributed by atoms with Gasteiger partial charge in [-0.05, 0) is 15.9 Å². The predicted molar refractivity (Wildman–Crippen MR) is 47.0 cm³/mol. The summed E-state index contributed by atoms with van der Waals surface area (Å²) in [4.78, 5) is 20.6. The van der Waals surface area contributed by atoms with Crippen LogP contribution in [0.25, 0.3) is 0 Å². The van der Waals surface area contributed by atoms with Gasteiger partial charge in [0.2, 0.25) is 5.95 Å². The SMILES string of the molecule is O=C1CN(c2ncc(Br)cn2)C1. The molecule has 2 rings (SSSR count). The summed E-state index contributed by atoms with van der Waals surface area (Å²) in [6.45, 7) is 0.892. The number of rotatable bonds is 1. The number of ketones is 1. The van der Waals surface area contributed by atoms with Crippen LogP contribution < -0.4 is 4.90 Å². The third kappa shape index (κ3) is 1.32. The minimum atomic E-state index is 0.238. The molecule has 0 aliphatic carbocycles. The molecule has 0 saturated carbocycles. The molecule has 1 aromatic rings. The first-order chi connectivity index (χ1) is 5.75. The van der Waals surface area contributed by atoms with Crippen LogP contribution in [-0.4, -0.2) is 28.8 Å². The number of Topliss-reactive ketones (excluding diaryl/α,β-unsaturated/α-hetero) is 1. The summed E-state index contributed by atoms with van der Waals surface area (Å²) in [6.07, 6.45) is 3.34. The summed E-state index contributed by atoms with van der Waals surface area (Å²) < 4.78 is 0.845. The lowest BCUT2D eigenvalue weighted by Gasteiger charge is -2.28. The van der Waals surface area contributed by atoms with Gasteiger partial charge in [-0.25, -0.2) is 9.97 Å². The van der Waals surface area contributed by atoms with Crippen molar-refractivity contribution in [1.29, 1.82) is 0 Å². The standard InChI is InChI=1S/C7H6BrN3O/c8-5-1-9-7(10-2-5)11-3-6(12)4-11/h1-2H,3-4H2. The average Bonchev–Trinajstić information content (AvgIpc) is 2.01. The van der Waals surface area contributed by atoms with Crippen molar-refractivity contribution >= 4 is 27.7 Å². The summed E-state index contributed by atoms with van der Waals surface area (Å²) in [5, 5.41) is 0. The molecule has 0 unspecified atom stereocenters. The van der Waals surface area contributed by atoms with Crippen molar-refractivity contribution < 1.29 is 4.79 Å². The van der Waals surface area contributed by atoms with Crippen LogP contribution in [0, 0.1) is 0 Å². The van der Waals surface area contributed by atoms with Crippen molar-refractivity contribution in [3.05, 3.63) is 16.9 Å². The van der Waals surface area contributed by atoms with Gasteiger partial charge in [0, 0.05) is 12.4 Å². The Morgan fingerprint density at radius 3 is 2.42 bits per heavy atom. The molecule has 2 heterocycles. The number of carbonyl (C=O) groups excluding carboxylic acids is 1. The molecule has 0 atom stereocenters. The number of hydrogen-bond acceptors (Lipinski definition) is 4. The lowest BCUT2D eigenvalue weighted by atomic mass is 10.2. The predicted octanol–water partition coefficient (Wildman–Crippen LogP) is 0.628. The molecule has 12 heavy (non-hydrogen) atoms. The van der Waals surface area contributed by atoms with Crippen molar-refractivity contribution in [2.45, 2.75) is 0 Å². The molecule has 0 bridgehead atoms. The second kappa shape index (κ2) is 2.82. The van der Waals surface area contributed by atoms with Crippen molar-refractivity contribution in [3.63, 3.8) is 0 Å². The second-order valence-electron chi connectivity index (χ2n) is 2.60. The number of hydrogen-bond donors (Lipinski definition) is 0. The van der Waals surface area contributed by atoms with E-state index in [1.54, 1.807) is 12.4 Å². The number of nitrogens with zero attached hydrogens (tertiary/aromatic N) is 3. The zero-order valence-corrected chi connectivity index (χ0v) is 7.78. The fraction of sp³-hybridized carbons (Fsp3) is 0.286. The molecule has 0 N–H and O–H groups in total. The van der Waals surface area contributed by atoms with Gasteiger partial charge in [0.15, 0.2) is 5.78 Å². The first-order valence-electron chi connectivity index (χ1n) is 3.50. The van der Waals surface area contributed by atoms with Crippen LogP contribution in [0.1, 0.15) is 0 Å². The van der Waals surface area contributed by atoms with E-state index >= 15 is 0 Å². The first kappa shape index (κ1) is 7.67. The summed E-state index contributed by atoms with van der Waals surface area (Å²) in [5.41, 5.74) is 0. The Hall–Kier alpha value is -0.970. The van der Waals surface area contributed by atoms with Crippen LogP contribution in [-0.2, 0) is 4.79 Å². The number of aromatic nitrogens is 2. The monoisotopic (exact) mass is 227 g/mol. The van der Waals surface area contributed by atoms with E-state index in [0.717, 1.165) is 4.47 Å². The molecule has 0 aromatic carbocycles. The highest BCUT2D eigenvalue weighted by molar-refractivity contribution is 9.10. The van der Waals surface area contributed by atoms with Gasteiger partial charge < -0.3 is 4.90 Å². The Morgan fingerprint density at radius 1 is 1.33 bits per heavy atom. The highest BCUT2D eigenvalue weighted by atomic mass is 79.9. The summed E-state index contributed by atoms with van der Waals surface area (Å²) >= 11 is 3.24. The normalized spacial score (nSPS) is 16.1. The molecule has 5 heteroatoms. The Kier molecular flexibility index (Phi) is 1.80. The molecule has 0 radical (unpaired) electrons. The van der Waals surface area contributed by atoms with Crippen LogP contribution in [0.4, 0.5) is 5.95 Å². The Morgan fingerprint density at radius 2 is 1.92 bits per heavy atom. The molecule has 1 fully saturated rings. The fourth-order valence-corrected chi connectivity index (χ4v) is 1.19. The van der Waals surface area contributed by atoms with Gasteiger partial charge in [0.05, 0.1) is 17.6 Å². The topological polar surface area (TPSA) is 46.1 Å². The third-order valence-corrected chi connectivity index (χ3v) is 2.03. The Bertz CT molecular complexity index is 303. The van der Waals surface area contributed by atoms with E-state index in [4.69, 9.17) is 0 Å². The van der Waals surface area contributed by atoms with Crippen LogP contribution in [0.15, 0.2) is 16.9 Å². The van der Waals surface area contributed by atoms with E-state index in [1.807, 2.05) is 4.90 Å². The van der Waals surface area contributed by atoms with Crippen LogP contribution in [0.2, 0.25) is 0 Å². The van der Waals surface area contributed by atoms with Gasteiger partial charge in [-0.2, -0.15) is 0 Å². The summed E-state index contributed by atoms with van der Waals surface area (Å²) in [7, 11) is 0. The van der Waals surface area contributed by atoms with Crippen LogP contribution in [0.3, 0.4) is 0 Å². The molecule has 1 aliphatic rings. The van der Waals surface area contributed by atoms with Crippen molar-refractivity contribution in [2.24, 2.45) is 0 Å². The Balaban J connectivity index is 2.14. The summed E-state index contributed by atoms with van der Waals surface area (Å²) in [5.74, 6) is 0.860. The zero-order chi connectivity index (χ0) is 8.55. The highest BCUT2D eigenvalue weighted by Gasteiger charge is 2.25. The molecule has 1 saturated heterocycles. The van der Waals surface area contributed by atoms with E-state index in [0.29, 0.717) is 19.0 Å². The molecule has 4 nitrogen and oxygen atoms in total. The largest absolute Gasteiger partial charge is 0.326 e. The van der Waals surface area contributed by atoms with E-state index in [9.17, 15) is 4.79 Å². The maximum atomic E-state index is 10.6. The smallest absolute Gasteiger partial charge is 0.226 e. The molecule has 0 spiro atoms. The molecular weight excluding hydrogens is 222 g/mol. The van der Waals surface area contributed by atoms with Crippen LogP contribution >= 0.6 is 15.9 Å². The zero-order valence-electron chi connectivity index (χ0n) is 6.20. The minimum Gasteiger partial charge on any atom is -0.326 e. The number of halogens is 1. The maximum Gasteiger partial charge on any atom is 0.226 e. The fourth-order valence-electron chi connectivity index (χ4n) is 0.990. The van der Waals surface area contributed by atoms with E-state index in [-0.39, 0.29) is 5.78 Å². The van der Waals surface area contributed by atoms with Crippen molar-refractivity contribution in [3.8, 4) is 0 Å². The maximum absolute atomic E-state index is 10.6. The third-order valence-electron chi connectivity index (χ3n) is 1.62. The van der Waals surface area contributed by atoms with Gasteiger partial charge >= 0.3 is 0 Å². The lowest BCUT2D eigenvalue weighted by Crippen LogP contribution is -2.48. The van der Waals surface area contributed by atoms with Crippen molar-refractivity contribution in [2.75, 3.05) is 18.0 Å². The van der Waals surface area contributed by atoms with Crippen molar-refractivity contribution in [1.82, 2.24) is 9.97 Å². The molecular formula is C7H6BrN3O. The molecule has 62 valence electrons. The van der Waals surface area contributed by atoms with E-state index < -0.39 is 0 Å². The van der Waals surface area contributed by atoms with Gasteiger partial charge in [-0.3, -0.25) is 4.79 Å². The lowest BCUT2D eigenvalue weighted by molar-refractivity contribution is -0.119. The van der Waals surface area contributed by atoms with Crippen LogP contribution in [0.5, 0.6) is 0 Å². The van der Waals surface area contributed by atoms with E-state index in [2.05, 4.69) is 25.9 Å². The number of carbonyl (C=O) groups is 1. The molecule has 1 aliphatic heterocycles. The molecule has 0 amide bonds. The second-order valence-corrected chi connectivity index (χ2v) is 3.51. The van der Waals surface area contributed by atoms with Gasteiger partial charge in [-0.1, -0.05) is 0 Å². The molecule has 1 aromatic heterocycles. The highest BCUT2D eigenvalue weighted by Crippen LogP contribution is 2.14. The van der Waals surface area contributed by atoms with Gasteiger partial charge in [0.1, 0.15) is 0 Å².